The summed E-state index contributed by atoms with van der Waals surface area (Å²) in [6, 6.07) is 19.8. The molecule has 198 valence electrons. The lowest BCUT2D eigenvalue weighted by atomic mass is 10.1. The molecule has 0 unspecified atom stereocenters. The average Bonchev–Trinajstić information content (AvgIpc) is 3.79. The lowest BCUT2D eigenvalue weighted by Crippen LogP contribution is -1.92. The summed E-state index contributed by atoms with van der Waals surface area (Å²) in [4.78, 5) is 2.89. The smallest absolute Gasteiger partial charge is 0.231 e. The second kappa shape index (κ2) is 9.96. The molecule has 3 aliphatic rings. The van der Waals surface area contributed by atoms with Gasteiger partial charge in [0.25, 0.3) is 0 Å². The van der Waals surface area contributed by atoms with Crippen LogP contribution in [0.1, 0.15) is 17.5 Å². The SMILES string of the molecule is Cn1ccc2cc3c(cc21)CCC3.Cn1ccc2cc3c(cc21)OCO3.Cn1ccc2cc3c(cc21)SCS3. The van der Waals surface area contributed by atoms with E-state index in [1.807, 2.05) is 48.9 Å². The van der Waals surface area contributed by atoms with E-state index in [2.05, 4.69) is 82.7 Å². The molecule has 0 spiro atoms. The van der Waals surface area contributed by atoms with Crippen LogP contribution in [0.4, 0.5) is 0 Å². The monoisotopic (exact) mass is 553 g/mol. The second-order valence-electron chi connectivity index (χ2n) is 10.3. The van der Waals surface area contributed by atoms with Crippen molar-refractivity contribution in [3.05, 3.63) is 84.3 Å². The Hall–Kier alpha value is -3.42. The van der Waals surface area contributed by atoms with Gasteiger partial charge in [-0.15, -0.1) is 23.5 Å². The van der Waals surface area contributed by atoms with E-state index in [4.69, 9.17) is 9.47 Å². The minimum absolute atomic E-state index is 0.339. The Balaban J connectivity index is 0.0000000974. The molecule has 0 N–H and O–H groups in total. The van der Waals surface area contributed by atoms with Crippen LogP contribution in [0.15, 0.2) is 83.0 Å². The normalized spacial score (nSPS) is 14.7. The van der Waals surface area contributed by atoms with Crippen LogP contribution in [-0.4, -0.2) is 25.6 Å². The van der Waals surface area contributed by atoms with Crippen LogP contribution in [0.25, 0.3) is 32.7 Å². The summed E-state index contributed by atoms with van der Waals surface area (Å²) in [5.41, 5.74) is 7.02. The molecule has 0 amide bonds. The number of nitrogens with zero attached hydrogens (tertiary/aromatic N) is 3. The Labute approximate surface area is 236 Å². The molecule has 9 rings (SSSR count). The van der Waals surface area contributed by atoms with Gasteiger partial charge in [-0.05, 0) is 84.3 Å². The third kappa shape index (κ3) is 4.57. The molecule has 0 saturated carbocycles. The molecule has 7 heteroatoms. The molecule has 5 nitrogen and oxygen atoms in total. The highest BCUT2D eigenvalue weighted by Gasteiger charge is 2.15. The largest absolute Gasteiger partial charge is 0.454 e. The van der Waals surface area contributed by atoms with Gasteiger partial charge in [0.15, 0.2) is 11.5 Å². The fraction of sp³-hybridized carbons (Fsp3) is 0.250. The lowest BCUT2D eigenvalue weighted by molar-refractivity contribution is 0.174. The van der Waals surface area contributed by atoms with Crippen molar-refractivity contribution >= 4 is 56.2 Å². The standard InChI is InChI=1S/C12H13N.C10H9NO2.C10H9NS2/c1-13-6-5-11-7-9-3-2-4-10(9)8-12(11)13;2*1-11-3-2-7-4-9-10(5-8(7)11)13-6-12-9/h5-8H,2-4H2,1H3;2*2-5H,6H2,1H3. The number of aryl methyl sites for hydroxylation is 5. The van der Waals surface area contributed by atoms with Crippen molar-refractivity contribution in [1.29, 1.82) is 0 Å². The molecule has 2 aliphatic heterocycles. The van der Waals surface area contributed by atoms with E-state index >= 15 is 0 Å². The van der Waals surface area contributed by atoms with Gasteiger partial charge in [-0.25, -0.2) is 0 Å². The highest BCUT2D eigenvalue weighted by Crippen LogP contribution is 2.43. The predicted molar refractivity (Wildman–Crippen MR) is 163 cm³/mol. The molecule has 1 aliphatic carbocycles. The second-order valence-corrected chi connectivity index (χ2v) is 12.7. The van der Waals surface area contributed by atoms with Crippen LogP contribution >= 0.6 is 23.5 Å². The highest BCUT2D eigenvalue weighted by atomic mass is 32.2. The summed E-state index contributed by atoms with van der Waals surface area (Å²) in [6.07, 6.45) is 10.2. The number of hydrogen-bond acceptors (Lipinski definition) is 4. The van der Waals surface area contributed by atoms with Gasteiger partial charge in [-0.3, -0.25) is 0 Å². The molecule has 0 atom stereocenters. The molecule has 0 radical (unpaired) electrons. The molecule has 0 saturated heterocycles. The molecule has 39 heavy (non-hydrogen) atoms. The zero-order valence-electron chi connectivity index (χ0n) is 22.4. The summed E-state index contributed by atoms with van der Waals surface area (Å²) >= 11 is 3.89. The first kappa shape index (κ1) is 24.6. The number of ether oxygens (including phenoxy) is 2. The average molecular weight is 554 g/mol. The van der Waals surface area contributed by atoms with Gasteiger partial charge in [0.1, 0.15) is 0 Å². The quantitative estimate of drug-likeness (QED) is 0.191. The highest BCUT2D eigenvalue weighted by molar-refractivity contribution is 8.18. The fourth-order valence-electron chi connectivity index (χ4n) is 5.66. The maximum absolute atomic E-state index is 5.30. The van der Waals surface area contributed by atoms with E-state index in [0.29, 0.717) is 6.79 Å². The molecule has 3 aromatic heterocycles. The first-order valence-electron chi connectivity index (χ1n) is 13.3. The predicted octanol–water partition coefficient (Wildman–Crippen LogP) is 7.91. The Kier molecular flexibility index (Phi) is 6.28. The number of fused-ring (bicyclic) bond motifs is 6. The van der Waals surface area contributed by atoms with Gasteiger partial charge < -0.3 is 23.2 Å². The Morgan fingerprint density at radius 3 is 1.79 bits per heavy atom. The van der Waals surface area contributed by atoms with Gasteiger partial charge in [-0.2, -0.15) is 0 Å². The number of thioether (sulfide) groups is 2. The Bertz CT molecular complexity index is 1630. The topological polar surface area (TPSA) is 33.2 Å². The molecule has 0 fully saturated rings. The van der Waals surface area contributed by atoms with Crippen LogP contribution in [-0.2, 0) is 34.0 Å². The summed E-state index contributed by atoms with van der Waals surface area (Å²) in [5.74, 6) is 1.69. The van der Waals surface area contributed by atoms with E-state index in [1.54, 1.807) is 11.1 Å². The third-order valence-electron chi connectivity index (χ3n) is 7.86. The molecular formula is C32H31N3O2S2. The van der Waals surface area contributed by atoms with Gasteiger partial charge >= 0.3 is 0 Å². The molecule has 0 bridgehead atoms. The molecule has 3 aromatic carbocycles. The van der Waals surface area contributed by atoms with Crippen LogP contribution in [0.5, 0.6) is 11.5 Å². The number of benzene rings is 3. The van der Waals surface area contributed by atoms with Gasteiger partial charge in [0, 0.05) is 82.5 Å². The Morgan fingerprint density at radius 1 is 0.590 bits per heavy atom. The first-order chi connectivity index (χ1) is 19.0. The Morgan fingerprint density at radius 2 is 1.10 bits per heavy atom. The van der Waals surface area contributed by atoms with E-state index < -0.39 is 0 Å². The fourth-order valence-corrected chi connectivity index (χ4v) is 8.07. The van der Waals surface area contributed by atoms with Crippen LogP contribution < -0.4 is 9.47 Å². The van der Waals surface area contributed by atoms with Gasteiger partial charge in [0.2, 0.25) is 6.79 Å². The molecule has 6 aromatic rings. The van der Waals surface area contributed by atoms with Crippen LogP contribution in [0.2, 0.25) is 0 Å². The van der Waals surface area contributed by atoms with Crippen LogP contribution in [0, 0.1) is 0 Å². The van der Waals surface area contributed by atoms with Crippen molar-refractivity contribution in [3.8, 4) is 11.5 Å². The van der Waals surface area contributed by atoms with Crippen molar-refractivity contribution in [2.24, 2.45) is 21.1 Å². The van der Waals surface area contributed by atoms with Crippen molar-refractivity contribution in [2.45, 2.75) is 29.1 Å². The summed E-state index contributed by atoms with van der Waals surface area (Å²) in [6.45, 7) is 0.339. The van der Waals surface area contributed by atoms with Gasteiger partial charge in [0.05, 0.1) is 5.52 Å². The minimum Gasteiger partial charge on any atom is -0.454 e. The number of rotatable bonds is 0. The maximum Gasteiger partial charge on any atom is 0.231 e. The lowest BCUT2D eigenvalue weighted by Gasteiger charge is -2.01. The van der Waals surface area contributed by atoms with Crippen molar-refractivity contribution < 1.29 is 9.47 Å². The zero-order chi connectivity index (χ0) is 26.5. The number of hydrogen-bond donors (Lipinski definition) is 0. The molecule has 5 heterocycles. The zero-order valence-corrected chi connectivity index (χ0v) is 24.1. The minimum atomic E-state index is 0.339. The van der Waals surface area contributed by atoms with E-state index in [1.165, 1.54) is 66.8 Å². The van der Waals surface area contributed by atoms with Crippen molar-refractivity contribution in [1.82, 2.24) is 13.7 Å². The number of aromatic nitrogens is 3. The van der Waals surface area contributed by atoms with Gasteiger partial charge in [-0.1, -0.05) is 0 Å². The molecular weight excluding hydrogens is 523 g/mol. The van der Waals surface area contributed by atoms with E-state index in [-0.39, 0.29) is 0 Å². The van der Waals surface area contributed by atoms with E-state index in [9.17, 15) is 0 Å². The van der Waals surface area contributed by atoms with Crippen molar-refractivity contribution in [2.75, 3.05) is 11.9 Å². The van der Waals surface area contributed by atoms with E-state index in [0.717, 1.165) is 11.5 Å². The first-order valence-corrected chi connectivity index (χ1v) is 15.3. The summed E-state index contributed by atoms with van der Waals surface area (Å²) in [7, 11) is 6.23. The summed E-state index contributed by atoms with van der Waals surface area (Å²) in [5, 5.41) is 5.11. The summed E-state index contributed by atoms with van der Waals surface area (Å²) < 4.78 is 17.0. The third-order valence-corrected chi connectivity index (χ3v) is 10.2. The maximum atomic E-state index is 5.30. The van der Waals surface area contributed by atoms with Crippen LogP contribution in [0.3, 0.4) is 0 Å². The van der Waals surface area contributed by atoms with Crippen molar-refractivity contribution in [3.63, 3.8) is 0 Å².